The molecule has 0 unspecified atom stereocenters. The molecule has 3 rings (SSSR count). The van der Waals surface area contributed by atoms with Crippen molar-refractivity contribution in [1.82, 2.24) is 4.98 Å². The summed E-state index contributed by atoms with van der Waals surface area (Å²) in [6, 6.07) is 7.25. The van der Waals surface area contributed by atoms with Crippen LogP contribution in [0.4, 0.5) is 0 Å². The van der Waals surface area contributed by atoms with Crippen LogP contribution in [0.1, 0.15) is 54.9 Å². The second kappa shape index (κ2) is 7.38. The van der Waals surface area contributed by atoms with Crippen LogP contribution in [0.15, 0.2) is 23.2 Å². The molecule has 0 radical (unpaired) electrons. The molecule has 0 saturated heterocycles. The standard InChI is InChI=1S/C18H16N2O3S2/c1-10-3-6-16(25-10)15(21)9-23-18(22)12-7-14(11-4-5-11)20-17(24-2)13(12)8-19/h3,6-7,11H,4-5,9H2,1-2H3. The van der Waals surface area contributed by atoms with Crippen LogP contribution in [-0.4, -0.2) is 29.6 Å². The molecule has 0 bridgehead atoms. The van der Waals surface area contributed by atoms with Crippen LogP contribution in [-0.2, 0) is 4.74 Å². The number of carbonyl (C=O) groups excluding carboxylic acids is 2. The number of ether oxygens (including phenoxy) is 1. The summed E-state index contributed by atoms with van der Waals surface area (Å²) >= 11 is 2.69. The lowest BCUT2D eigenvalue weighted by molar-refractivity contribution is 0.0475. The van der Waals surface area contributed by atoms with Crippen LogP contribution in [0, 0.1) is 18.3 Å². The fraction of sp³-hybridized carbons (Fsp3) is 0.333. The number of aryl methyl sites for hydroxylation is 1. The van der Waals surface area contributed by atoms with E-state index >= 15 is 0 Å². The highest BCUT2D eigenvalue weighted by atomic mass is 32.2. The van der Waals surface area contributed by atoms with E-state index in [1.165, 1.54) is 23.1 Å². The molecule has 2 aromatic rings. The van der Waals surface area contributed by atoms with Gasteiger partial charge in [0.2, 0.25) is 5.78 Å². The van der Waals surface area contributed by atoms with Crippen molar-refractivity contribution in [2.75, 3.05) is 12.9 Å². The van der Waals surface area contributed by atoms with Crippen molar-refractivity contribution in [2.45, 2.75) is 30.7 Å². The Morgan fingerprint density at radius 3 is 2.76 bits per heavy atom. The zero-order valence-corrected chi connectivity index (χ0v) is 15.5. The van der Waals surface area contributed by atoms with Crippen molar-refractivity contribution in [3.8, 4) is 6.07 Å². The number of pyridine rings is 1. The average Bonchev–Trinajstić information content (AvgIpc) is 3.38. The van der Waals surface area contributed by atoms with Gasteiger partial charge in [-0.25, -0.2) is 9.78 Å². The number of nitrogens with zero attached hydrogens (tertiary/aromatic N) is 2. The van der Waals surface area contributed by atoms with Gasteiger partial charge in [0.15, 0.2) is 6.61 Å². The Balaban J connectivity index is 1.80. The second-order valence-electron chi connectivity index (χ2n) is 5.77. The monoisotopic (exact) mass is 372 g/mol. The van der Waals surface area contributed by atoms with Crippen LogP contribution in [0.2, 0.25) is 0 Å². The fourth-order valence-corrected chi connectivity index (χ4v) is 3.76. The summed E-state index contributed by atoms with van der Waals surface area (Å²) in [5, 5.41) is 9.93. The first kappa shape index (κ1) is 17.6. The second-order valence-corrected chi connectivity index (χ2v) is 7.86. The van der Waals surface area contributed by atoms with Gasteiger partial charge in [0.05, 0.1) is 16.0 Å². The SMILES string of the molecule is CSc1nc(C2CC2)cc(C(=O)OCC(=O)c2ccc(C)s2)c1C#N. The summed E-state index contributed by atoms with van der Waals surface area (Å²) in [6.07, 6.45) is 3.90. The topological polar surface area (TPSA) is 80.0 Å². The smallest absolute Gasteiger partial charge is 0.340 e. The highest BCUT2D eigenvalue weighted by molar-refractivity contribution is 7.98. The maximum Gasteiger partial charge on any atom is 0.340 e. The van der Waals surface area contributed by atoms with E-state index in [2.05, 4.69) is 4.98 Å². The van der Waals surface area contributed by atoms with Crippen molar-refractivity contribution in [1.29, 1.82) is 5.26 Å². The number of ketones is 1. The van der Waals surface area contributed by atoms with Gasteiger partial charge in [0.1, 0.15) is 11.1 Å². The minimum Gasteiger partial charge on any atom is -0.454 e. The highest BCUT2D eigenvalue weighted by Gasteiger charge is 2.29. The number of hydrogen-bond acceptors (Lipinski definition) is 7. The number of thiophene rings is 1. The van der Waals surface area contributed by atoms with Gasteiger partial charge in [-0.1, -0.05) is 0 Å². The number of carbonyl (C=O) groups is 2. The minimum absolute atomic E-state index is 0.193. The average molecular weight is 372 g/mol. The summed E-state index contributed by atoms with van der Waals surface area (Å²) < 4.78 is 5.18. The van der Waals surface area contributed by atoms with Gasteiger partial charge < -0.3 is 4.74 Å². The van der Waals surface area contributed by atoms with Crippen molar-refractivity contribution < 1.29 is 14.3 Å². The Morgan fingerprint density at radius 2 is 2.20 bits per heavy atom. The predicted molar refractivity (Wildman–Crippen MR) is 96.4 cm³/mol. The molecular formula is C18H16N2O3S2. The lowest BCUT2D eigenvalue weighted by atomic mass is 10.1. The van der Waals surface area contributed by atoms with Crippen molar-refractivity contribution in [3.05, 3.63) is 44.8 Å². The predicted octanol–water partition coefficient (Wildman–Crippen LogP) is 3.96. The summed E-state index contributed by atoms with van der Waals surface area (Å²) in [5.74, 6) is -0.551. The van der Waals surface area contributed by atoms with E-state index < -0.39 is 5.97 Å². The lowest BCUT2D eigenvalue weighted by Gasteiger charge is -2.10. The molecule has 1 aliphatic carbocycles. The number of hydrogen-bond donors (Lipinski definition) is 0. The van der Waals surface area contributed by atoms with E-state index in [-0.39, 0.29) is 23.5 Å². The first-order chi connectivity index (χ1) is 12.0. The molecule has 0 amide bonds. The number of nitriles is 1. The molecule has 1 aliphatic rings. The van der Waals surface area contributed by atoms with Gasteiger partial charge >= 0.3 is 5.97 Å². The number of thioether (sulfide) groups is 1. The summed E-state index contributed by atoms with van der Waals surface area (Å²) in [5.41, 5.74) is 1.22. The Labute approximate surface area is 154 Å². The molecule has 0 spiro atoms. The number of esters is 1. The maximum absolute atomic E-state index is 12.5. The van der Waals surface area contributed by atoms with Gasteiger partial charge in [0, 0.05) is 16.5 Å². The molecule has 5 nitrogen and oxygen atoms in total. The van der Waals surface area contributed by atoms with Crippen LogP contribution < -0.4 is 0 Å². The zero-order chi connectivity index (χ0) is 18.0. The van der Waals surface area contributed by atoms with Gasteiger partial charge in [-0.15, -0.1) is 23.1 Å². The van der Waals surface area contributed by atoms with Crippen molar-refractivity contribution in [2.24, 2.45) is 0 Å². The maximum atomic E-state index is 12.5. The molecule has 0 N–H and O–H groups in total. The quantitative estimate of drug-likeness (QED) is 0.434. The van der Waals surface area contributed by atoms with Crippen LogP contribution >= 0.6 is 23.1 Å². The number of rotatable bonds is 6. The van der Waals surface area contributed by atoms with E-state index in [0.29, 0.717) is 15.8 Å². The third-order valence-electron chi connectivity index (χ3n) is 3.88. The van der Waals surface area contributed by atoms with Crippen LogP contribution in [0.25, 0.3) is 0 Å². The molecule has 2 heterocycles. The minimum atomic E-state index is -0.655. The summed E-state index contributed by atoms with van der Waals surface area (Å²) in [6.45, 7) is 1.58. The van der Waals surface area contributed by atoms with Gasteiger partial charge in [-0.2, -0.15) is 5.26 Å². The van der Waals surface area contributed by atoms with E-state index in [9.17, 15) is 14.9 Å². The molecule has 1 saturated carbocycles. The Hall–Kier alpha value is -2.17. The lowest BCUT2D eigenvalue weighted by Crippen LogP contribution is -2.15. The molecule has 0 atom stereocenters. The van der Waals surface area contributed by atoms with E-state index in [0.717, 1.165) is 23.4 Å². The molecule has 0 aliphatic heterocycles. The summed E-state index contributed by atoms with van der Waals surface area (Å²) in [7, 11) is 0. The summed E-state index contributed by atoms with van der Waals surface area (Å²) in [4.78, 5) is 30.6. The Kier molecular flexibility index (Phi) is 5.21. The van der Waals surface area contributed by atoms with E-state index in [1.54, 1.807) is 12.1 Å². The first-order valence-corrected chi connectivity index (χ1v) is 9.83. The number of Topliss-reactive ketones (excluding diaryl/α,β-unsaturated/α-hetero) is 1. The Morgan fingerprint density at radius 1 is 1.44 bits per heavy atom. The van der Waals surface area contributed by atoms with Crippen molar-refractivity contribution in [3.63, 3.8) is 0 Å². The van der Waals surface area contributed by atoms with Gasteiger partial charge in [-0.3, -0.25) is 4.79 Å². The van der Waals surface area contributed by atoms with Crippen LogP contribution in [0.3, 0.4) is 0 Å². The van der Waals surface area contributed by atoms with Crippen molar-refractivity contribution >= 4 is 34.9 Å². The molecular weight excluding hydrogens is 356 g/mol. The molecule has 2 aromatic heterocycles. The van der Waals surface area contributed by atoms with Crippen LogP contribution in [0.5, 0.6) is 0 Å². The third kappa shape index (κ3) is 3.91. The normalized spacial score (nSPS) is 13.3. The Bertz CT molecular complexity index is 879. The zero-order valence-electron chi connectivity index (χ0n) is 13.9. The molecule has 128 valence electrons. The number of aromatic nitrogens is 1. The van der Waals surface area contributed by atoms with Gasteiger partial charge in [-0.05, 0) is 44.2 Å². The molecule has 1 fully saturated rings. The molecule has 25 heavy (non-hydrogen) atoms. The largest absolute Gasteiger partial charge is 0.454 e. The van der Waals surface area contributed by atoms with E-state index in [4.69, 9.17) is 4.74 Å². The van der Waals surface area contributed by atoms with Gasteiger partial charge in [0.25, 0.3) is 0 Å². The molecule has 7 heteroatoms. The fourth-order valence-electron chi connectivity index (χ4n) is 2.41. The first-order valence-electron chi connectivity index (χ1n) is 7.79. The van der Waals surface area contributed by atoms with E-state index in [1.807, 2.05) is 25.3 Å². The highest BCUT2D eigenvalue weighted by Crippen LogP contribution is 2.40. The molecule has 0 aromatic carbocycles. The third-order valence-corrected chi connectivity index (χ3v) is 5.60.